The molecule has 6 rings (SSSR count). The largest absolute Gasteiger partial charge is 0.384 e. The minimum absolute atomic E-state index is 0.254. The van der Waals surface area contributed by atoms with Gasteiger partial charge in [0.05, 0.1) is 28.8 Å². The molecular weight excluding hydrogens is 568 g/mol. The van der Waals surface area contributed by atoms with E-state index in [0.717, 1.165) is 31.2 Å². The summed E-state index contributed by atoms with van der Waals surface area (Å²) in [5.74, 6) is 1.79. The Kier molecular flexibility index (Phi) is 10.4. The topological polar surface area (TPSA) is 173 Å². The fourth-order valence-electron chi connectivity index (χ4n) is 5.59. The van der Waals surface area contributed by atoms with Crippen LogP contribution in [0.3, 0.4) is 0 Å². The summed E-state index contributed by atoms with van der Waals surface area (Å²) in [7, 11) is 0. The van der Waals surface area contributed by atoms with Gasteiger partial charge in [0.2, 0.25) is 5.82 Å². The third-order valence-corrected chi connectivity index (χ3v) is 8.69. The molecule has 3 fully saturated rings. The molecule has 2 aliphatic carbocycles. The van der Waals surface area contributed by atoms with E-state index in [9.17, 15) is 5.26 Å². The lowest BCUT2D eigenvalue weighted by Crippen LogP contribution is -2.41. The van der Waals surface area contributed by atoms with Crippen molar-refractivity contribution < 1.29 is 9.47 Å². The number of nitrogens with zero attached hydrogens (tertiary/aromatic N) is 6. The van der Waals surface area contributed by atoms with Crippen LogP contribution in [0.2, 0.25) is 5.02 Å². The van der Waals surface area contributed by atoms with Gasteiger partial charge in [-0.3, -0.25) is 0 Å². The Balaban J connectivity index is 0.000000176. The third-order valence-electron chi connectivity index (χ3n) is 8.39. The molecule has 1 aliphatic heterocycles. The number of anilines is 2. The van der Waals surface area contributed by atoms with Crippen LogP contribution in [-0.4, -0.2) is 69.0 Å². The van der Waals surface area contributed by atoms with Crippen LogP contribution < -0.4 is 16.4 Å². The summed E-state index contributed by atoms with van der Waals surface area (Å²) in [5.41, 5.74) is 6.51. The first-order valence-corrected chi connectivity index (χ1v) is 15.5. The minimum Gasteiger partial charge on any atom is -0.384 e. The van der Waals surface area contributed by atoms with Gasteiger partial charge in [-0.05, 0) is 63.6 Å². The first kappa shape index (κ1) is 31.1. The van der Waals surface area contributed by atoms with Crippen molar-refractivity contribution in [2.24, 2.45) is 5.41 Å². The van der Waals surface area contributed by atoms with E-state index in [4.69, 9.17) is 26.8 Å². The zero-order chi connectivity index (χ0) is 30.1. The second kappa shape index (κ2) is 14.4. The monoisotopic (exact) mass is 608 g/mol. The number of aromatic amines is 1. The van der Waals surface area contributed by atoms with Gasteiger partial charge in [0, 0.05) is 43.6 Å². The molecule has 13 heteroatoms. The Morgan fingerprint density at radius 1 is 1.21 bits per heavy atom. The van der Waals surface area contributed by atoms with E-state index >= 15 is 0 Å². The molecule has 230 valence electrons. The molecule has 0 amide bonds. The van der Waals surface area contributed by atoms with Gasteiger partial charge in [-0.25, -0.2) is 9.97 Å². The normalized spacial score (nSPS) is 19.8. The average molecular weight is 609 g/mol. The molecule has 3 aliphatic rings. The summed E-state index contributed by atoms with van der Waals surface area (Å²) in [6, 6.07) is 10.8. The number of nitrogens with one attached hydrogen (secondary N) is 3. The van der Waals surface area contributed by atoms with E-state index in [0.29, 0.717) is 66.6 Å². The number of nitrogen functional groups attached to an aromatic ring is 1. The highest BCUT2D eigenvalue weighted by molar-refractivity contribution is 6.33. The maximum Gasteiger partial charge on any atom is 0.206 e. The number of tetrazole rings is 1. The lowest BCUT2D eigenvalue weighted by Gasteiger charge is -2.30. The number of rotatable bonds is 10. The van der Waals surface area contributed by atoms with E-state index in [1.54, 1.807) is 6.07 Å². The van der Waals surface area contributed by atoms with Crippen molar-refractivity contribution in [3.05, 3.63) is 41.3 Å². The molecule has 0 bridgehead atoms. The molecule has 0 unspecified atom stereocenters. The summed E-state index contributed by atoms with van der Waals surface area (Å²) in [5, 5.41) is 31.2. The number of hydrogen-bond donors (Lipinski definition) is 4. The van der Waals surface area contributed by atoms with Crippen LogP contribution in [0, 0.1) is 16.7 Å². The fraction of sp³-hybridized carbons (Fsp3) is 0.600. The summed E-state index contributed by atoms with van der Waals surface area (Å²) < 4.78 is 11.4. The fourth-order valence-corrected chi connectivity index (χ4v) is 5.79. The number of ether oxygens (including phenoxy) is 2. The highest BCUT2D eigenvalue weighted by atomic mass is 35.5. The smallest absolute Gasteiger partial charge is 0.206 e. The van der Waals surface area contributed by atoms with Crippen LogP contribution in [0.1, 0.15) is 70.5 Å². The highest BCUT2D eigenvalue weighted by Gasteiger charge is 2.50. The van der Waals surface area contributed by atoms with Gasteiger partial charge in [0.25, 0.3) is 0 Å². The number of H-pyrrole nitrogens is 1. The van der Waals surface area contributed by atoms with Gasteiger partial charge in [0.15, 0.2) is 0 Å². The first-order valence-electron chi connectivity index (χ1n) is 15.2. The molecule has 3 aromatic rings. The quantitative estimate of drug-likeness (QED) is 0.253. The van der Waals surface area contributed by atoms with E-state index in [1.165, 1.54) is 38.3 Å². The number of pyridine rings is 2. The Morgan fingerprint density at radius 3 is 2.70 bits per heavy atom. The van der Waals surface area contributed by atoms with Gasteiger partial charge >= 0.3 is 0 Å². The van der Waals surface area contributed by atoms with Crippen molar-refractivity contribution in [1.82, 2.24) is 35.9 Å². The van der Waals surface area contributed by atoms with Gasteiger partial charge in [0.1, 0.15) is 17.2 Å². The van der Waals surface area contributed by atoms with Crippen LogP contribution in [0.15, 0.2) is 30.5 Å². The molecule has 12 nitrogen and oxygen atoms in total. The summed E-state index contributed by atoms with van der Waals surface area (Å²) >= 11 is 6.19. The zero-order valence-corrected chi connectivity index (χ0v) is 25.4. The van der Waals surface area contributed by atoms with Crippen molar-refractivity contribution in [3.8, 4) is 17.3 Å². The second-order valence-electron chi connectivity index (χ2n) is 11.8. The van der Waals surface area contributed by atoms with E-state index in [1.807, 2.05) is 18.2 Å². The number of halogens is 1. The summed E-state index contributed by atoms with van der Waals surface area (Å²) in [4.78, 5) is 8.53. The van der Waals surface area contributed by atoms with Crippen molar-refractivity contribution in [2.45, 2.75) is 82.4 Å². The molecule has 1 saturated heterocycles. The molecule has 0 aromatic carbocycles. The molecule has 5 N–H and O–H groups in total. The second-order valence-corrected chi connectivity index (χ2v) is 12.2. The number of nitriles is 1. The Bertz CT molecular complexity index is 1350. The molecule has 43 heavy (non-hydrogen) atoms. The molecular formula is C30H41ClN10O2. The van der Waals surface area contributed by atoms with Gasteiger partial charge in [-0.15, -0.1) is 10.2 Å². The van der Waals surface area contributed by atoms with Crippen LogP contribution in [0.4, 0.5) is 11.6 Å². The lowest BCUT2D eigenvalue weighted by atomic mass is 9.82. The summed E-state index contributed by atoms with van der Waals surface area (Å²) in [6.07, 6.45) is 11.7. The molecule has 2 saturated carbocycles. The molecule has 1 atom stereocenters. The maximum absolute atomic E-state index is 9.51. The van der Waals surface area contributed by atoms with E-state index < -0.39 is 5.41 Å². The van der Waals surface area contributed by atoms with Crippen molar-refractivity contribution in [2.75, 3.05) is 37.4 Å². The maximum atomic E-state index is 9.51. The SMILES string of the molecule is C[C@H](COC1(c2nn[nH]n2)CC1)NC1CCCCC1.N#CC1(CNc2cccc(-c3cc(N)ncc3Cl)n2)CCOCC1. The van der Waals surface area contributed by atoms with Gasteiger partial charge in [-0.1, -0.05) is 42.1 Å². The van der Waals surface area contributed by atoms with Crippen LogP contribution >= 0.6 is 11.6 Å². The van der Waals surface area contributed by atoms with Crippen molar-refractivity contribution in [3.63, 3.8) is 0 Å². The van der Waals surface area contributed by atoms with Crippen LogP contribution in [-0.2, 0) is 15.1 Å². The lowest BCUT2D eigenvalue weighted by molar-refractivity contribution is 0.0105. The van der Waals surface area contributed by atoms with Crippen LogP contribution in [0.25, 0.3) is 11.3 Å². The van der Waals surface area contributed by atoms with E-state index in [2.05, 4.69) is 54.2 Å². The van der Waals surface area contributed by atoms with Crippen LogP contribution in [0.5, 0.6) is 0 Å². The van der Waals surface area contributed by atoms with Crippen molar-refractivity contribution in [1.29, 1.82) is 5.26 Å². The number of aromatic nitrogens is 6. The van der Waals surface area contributed by atoms with Gasteiger partial charge in [-0.2, -0.15) is 10.5 Å². The molecule has 3 aromatic heterocycles. The molecule has 0 radical (unpaired) electrons. The molecule has 4 heterocycles. The zero-order valence-electron chi connectivity index (χ0n) is 24.7. The predicted octanol–water partition coefficient (Wildman–Crippen LogP) is 4.63. The Labute approximate surface area is 257 Å². The number of hydrogen-bond acceptors (Lipinski definition) is 11. The Hall–Kier alpha value is -3.37. The van der Waals surface area contributed by atoms with E-state index in [-0.39, 0.29) is 5.60 Å². The highest BCUT2D eigenvalue weighted by Crippen LogP contribution is 2.47. The van der Waals surface area contributed by atoms with Gasteiger partial charge < -0.3 is 25.8 Å². The third kappa shape index (κ3) is 8.38. The first-order chi connectivity index (χ1) is 20.9. The summed E-state index contributed by atoms with van der Waals surface area (Å²) in [6.45, 7) is 4.69. The minimum atomic E-state index is -0.408. The molecule has 0 spiro atoms. The standard InChI is InChI=1S/C17H18ClN5O.C13H23N5O/c18-13-9-21-15(20)8-12(13)14-2-1-3-16(23-14)22-11-17(10-19)4-6-24-7-5-17;1-10(14-11-5-3-2-4-6-11)9-19-13(7-8-13)12-15-17-18-16-12/h1-3,8-9H,4-7,11H2,(H2,20,21)(H,22,23);10-11,14H,2-9H2,1H3,(H,15,16,17,18)/t;10-/m.1/s1. The average Bonchev–Trinajstić information content (AvgIpc) is 3.63. The van der Waals surface area contributed by atoms with Crippen molar-refractivity contribution >= 4 is 23.2 Å². The predicted molar refractivity (Wildman–Crippen MR) is 164 cm³/mol. The number of nitrogens with two attached hydrogens (primary N) is 1. The Morgan fingerprint density at radius 2 is 2.00 bits per heavy atom.